The zero-order valence-corrected chi connectivity index (χ0v) is 12.2. The summed E-state index contributed by atoms with van der Waals surface area (Å²) in [5.41, 5.74) is 2.94. The summed E-state index contributed by atoms with van der Waals surface area (Å²) in [6.07, 6.45) is 2.51. The number of ether oxygens (including phenoxy) is 2. The SMILES string of the molecule is O=Cc1cc(Cl)ccc1OCCc1ccc2c(c1)CCO2. The van der Waals surface area contributed by atoms with Crippen molar-refractivity contribution in [1.82, 2.24) is 0 Å². The van der Waals surface area contributed by atoms with E-state index in [2.05, 4.69) is 12.1 Å². The van der Waals surface area contributed by atoms with Crippen LogP contribution in [-0.4, -0.2) is 19.5 Å². The third-order valence-corrected chi connectivity index (χ3v) is 3.74. The smallest absolute Gasteiger partial charge is 0.153 e. The molecule has 0 saturated carbocycles. The quantitative estimate of drug-likeness (QED) is 0.790. The van der Waals surface area contributed by atoms with E-state index < -0.39 is 0 Å². The summed E-state index contributed by atoms with van der Waals surface area (Å²) in [7, 11) is 0. The Morgan fingerprint density at radius 2 is 2.14 bits per heavy atom. The molecule has 0 amide bonds. The second kappa shape index (κ2) is 6.19. The molecule has 0 N–H and O–H groups in total. The van der Waals surface area contributed by atoms with Crippen LogP contribution in [0, 0.1) is 0 Å². The average Bonchev–Trinajstić information content (AvgIpc) is 2.96. The number of hydrogen-bond acceptors (Lipinski definition) is 3. The molecule has 0 saturated heterocycles. The van der Waals surface area contributed by atoms with Gasteiger partial charge in [0.15, 0.2) is 6.29 Å². The van der Waals surface area contributed by atoms with E-state index in [0.29, 0.717) is 22.9 Å². The van der Waals surface area contributed by atoms with Crippen molar-refractivity contribution in [2.45, 2.75) is 12.8 Å². The molecule has 3 nitrogen and oxygen atoms in total. The van der Waals surface area contributed by atoms with Gasteiger partial charge in [0.25, 0.3) is 0 Å². The Labute approximate surface area is 128 Å². The minimum absolute atomic E-state index is 0.477. The lowest BCUT2D eigenvalue weighted by Crippen LogP contribution is -2.03. The fourth-order valence-electron chi connectivity index (χ4n) is 2.42. The van der Waals surface area contributed by atoms with Gasteiger partial charge < -0.3 is 9.47 Å². The van der Waals surface area contributed by atoms with Crippen molar-refractivity contribution >= 4 is 17.9 Å². The van der Waals surface area contributed by atoms with Gasteiger partial charge >= 0.3 is 0 Å². The van der Waals surface area contributed by atoms with E-state index in [1.54, 1.807) is 18.2 Å². The third-order valence-electron chi connectivity index (χ3n) is 3.50. The summed E-state index contributed by atoms with van der Waals surface area (Å²) in [6.45, 7) is 1.28. The van der Waals surface area contributed by atoms with Gasteiger partial charge in [0.05, 0.1) is 18.8 Å². The number of halogens is 1. The predicted molar refractivity (Wildman–Crippen MR) is 81.7 cm³/mol. The molecule has 1 heterocycles. The highest BCUT2D eigenvalue weighted by Crippen LogP contribution is 2.26. The second-order valence-electron chi connectivity index (χ2n) is 4.94. The summed E-state index contributed by atoms with van der Waals surface area (Å²) < 4.78 is 11.2. The zero-order chi connectivity index (χ0) is 14.7. The fourth-order valence-corrected chi connectivity index (χ4v) is 2.60. The van der Waals surface area contributed by atoms with Gasteiger partial charge in [0, 0.05) is 17.9 Å². The molecule has 0 radical (unpaired) electrons. The summed E-state index contributed by atoms with van der Waals surface area (Å²) >= 11 is 5.85. The van der Waals surface area contributed by atoms with Crippen LogP contribution in [0.2, 0.25) is 5.02 Å². The van der Waals surface area contributed by atoms with E-state index in [1.807, 2.05) is 6.07 Å². The maximum atomic E-state index is 11.0. The molecule has 0 atom stereocenters. The van der Waals surface area contributed by atoms with E-state index in [9.17, 15) is 4.79 Å². The first-order valence-corrected chi connectivity index (χ1v) is 7.26. The van der Waals surface area contributed by atoms with Crippen molar-refractivity contribution in [2.24, 2.45) is 0 Å². The highest BCUT2D eigenvalue weighted by Gasteiger charge is 2.12. The van der Waals surface area contributed by atoms with Crippen LogP contribution in [0.25, 0.3) is 0 Å². The standard InChI is InChI=1S/C17H15ClO3/c18-15-2-4-17(14(10-15)11-19)20-7-5-12-1-3-16-13(9-12)6-8-21-16/h1-4,9-11H,5-8H2. The highest BCUT2D eigenvalue weighted by atomic mass is 35.5. The van der Waals surface area contributed by atoms with Gasteiger partial charge in [0.2, 0.25) is 0 Å². The van der Waals surface area contributed by atoms with Gasteiger partial charge in [-0.3, -0.25) is 4.79 Å². The molecule has 0 fully saturated rings. The van der Waals surface area contributed by atoms with E-state index in [4.69, 9.17) is 21.1 Å². The largest absolute Gasteiger partial charge is 0.493 e. The minimum Gasteiger partial charge on any atom is -0.493 e. The number of hydrogen-bond donors (Lipinski definition) is 0. The lowest BCUT2D eigenvalue weighted by molar-refractivity contribution is 0.111. The topological polar surface area (TPSA) is 35.5 Å². The third kappa shape index (κ3) is 3.19. The molecule has 3 rings (SSSR count). The molecule has 0 unspecified atom stereocenters. The Balaban J connectivity index is 1.62. The van der Waals surface area contributed by atoms with Gasteiger partial charge in [-0.1, -0.05) is 23.7 Å². The molecular weight excluding hydrogens is 288 g/mol. The van der Waals surface area contributed by atoms with E-state index >= 15 is 0 Å². The van der Waals surface area contributed by atoms with Gasteiger partial charge in [0.1, 0.15) is 11.5 Å². The maximum absolute atomic E-state index is 11.0. The molecule has 0 aromatic heterocycles. The number of rotatable bonds is 5. The van der Waals surface area contributed by atoms with E-state index in [0.717, 1.165) is 31.5 Å². The Kier molecular flexibility index (Phi) is 4.11. The maximum Gasteiger partial charge on any atom is 0.153 e. The molecular formula is C17H15ClO3. The average molecular weight is 303 g/mol. The van der Waals surface area contributed by atoms with E-state index in [-0.39, 0.29) is 0 Å². The Bertz CT molecular complexity index is 667. The van der Waals surface area contributed by atoms with Crippen LogP contribution in [-0.2, 0) is 12.8 Å². The molecule has 108 valence electrons. The van der Waals surface area contributed by atoms with E-state index in [1.165, 1.54) is 11.1 Å². The predicted octanol–water partition coefficient (Wildman–Crippen LogP) is 3.71. The van der Waals surface area contributed by atoms with Crippen molar-refractivity contribution in [1.29, 1.82) is 0 Å². The molecule has 4 heteroatoms. The fraction of sp³-hybridized carbons (Fsp3) is 0.235. The molecule has 0 bridgehead atoms. The minimum atomic E-state index is 0.477. The number of aldehydes is 1. The monoisotopic (exact) mass is 302 g/mol. The molecule has 0 aliphatic carbocycles. The summed E-state index contributed by atoms with van der Waals surface area (Å²) in [4.78, 5) is 11.0. The molecule has 2 aromatic rings. The van der Waals surface area contributed by atoms with Crippen LogP contribution >= 0.6 is 11.6 Å². The van der Waals surface area contributed by atoms with Crippen LogP contribution in [0.1, 0.15) is 21.5 Å². The molecule has 2 aromatic carbocycles. The number of benzene rings is 2. The second-order valence-corrected chi connectivity index (χ2v) is 5.38. The van der Waals surface area contributed by atoms with Crippen LogP contribution in [0.4, 0.5) is 0 Å². The Hall–Kier alpha value is -2.00. The van der Waals surface area contributed by atoms with Crippen LogP contribution in [0.3, 0.4) is 0 Å². The lowest BCUT2D eigenvalue weighted by atomic mass is 10.1. The lowest BCUT2D eigenvalue weighted by Gasteiger charge is -2.09. The molecule has 21 heavy (non-hydrogen) atoms. The van der Waals surface area contributed by atoms with Gasteiger partial charge in [-0.25, -0.2) is 0 Å². The van der Waals surface area contributed by atoms with Crippen molar-refractivity contribution in [3.05, 3.63) is 58.1 Å². The zero-order valence-electron chi connectivity index (χ0n) is 11.5. The summed E-state index contributed by atoms with van der Waals surface area (Å²) in [5, 5.41) is 0.531. The number of fused-ring (bicyclic) bond motifs is 1. The highest BCUT2D eigenvalue weighted by molar-refractivity contribution is 6.30. The first kappa shape index (κ1) is 14.0. The number of carbonyl (C=O) groups excluding carboxylic acids is 1. The normalized spacial score (nSPS) is 12.6. The molecule has 1 aliphatic rings. The van der Waals surface area contributed by atoms with Crippen molar-refractivity contribution in [3.8, 4) is 11.5 Å². The van der Waals surface area contributed by atoms with Gasteiger partial charge in [-0.15, -0.1) is 0 Å². The van der Waals surface area contributed by atoms with Gasteiger partial charge in [-0.2, -0.15) is 0 Å². The first-order valence-electron chi connectivity index (χ1n) is 6.88. The molecule has 1 aliphatic heterocycles. The van der Waals surface area contributed by atoms with Crippen molar-refractivity contribution in [2.75, 3.05) is 13.2 Å². The summed E-state index contributed by atoms with van der Waals surface area (Å²) in [5.74, 6) is 1.56. The Morgan fingerprint density at radius 3 is 3.00 bits per heavy atom. The molecule has 0 spiro atoms. The first-order chi connectivity index (χ1) is 10.3. The Morgan fingerprint density at radius 1 is 1.24 bits per heavy atom. The van der Waals surface area contributed by atoms with Gasteiger partial charge in [-0.05, 0) is 35.4 Å². The van der Waals surface area contributed by atoms with Crippen molar-refractivity contribution in [3.63, 3.8) is 0 Å². The number of carbonyl (C=O) groups is 1. The summed E-state index contributed by atoms with van der Waals surface area (Å²) in [6, 6.07) is 11.3. The van der Waals surface area contributed by atoms with Crippen LogP contribution in [0.5, 0.6) is 11.5 Å². The van der Waals surface area contributed by atoms with Crippen molar-refractivity contribution < 1.29 is 14.3 Å². The van der Waals surface area contributed by atoms with Crippen LogP contribution in [0.15, 0.2) is 36.4 Å². The van der Waals surface area contributed by atoms with Crippen LogP contribution < -0.4 is 9.47 Å².